The van der Waals surface area contributed by atoms with Crippen molar-refractivity contribution >= 4 is 29.8 Å². The highest BCUT2D eigenvalue weighted by Crippen LogP contribution is 2.51. The number of thiol groups is 1. The highest BCUT2D eigenvalue weighted by molar-refractivity contribution is 7.80. The predicted molar refractivity (Wildman–Crippen MR) is 125 cm³/mol. The summed E-state index contributed by atoms with van der Waals surface area (Å²) in [6, 6.07) is 11.2. The Morgan fingerprint density at radius 1 is 1.17 bits per heavy atom. The summed E-state index contributed by atoms with van der Waals surface area (Å²) in [6.45, 7) is 5.69. The Morgan fingerprint density at radius 3 is 2.72 bits per heavy atom. The van der Waals surface area contributed by atoms with Crippen LogP contribution in [0.25, 0.3) is 0 Å². The van der Waals surface area contributed by atoms with E-state index in [1.54, 1.807) is 0 Å². The zero-order valence-electron chi connectivity index (χ0n) is 17.9. The molecule has 2 saturated carbocycles. The Hall–Kier alpha value is -1.68. The lowest BCUT2D eigenvalue weighted by Crippen LogP contribution is -2.31. The van der Waals surface area contributed by atoms with Crippen molar-refractivity contribution in [1.29, 1.82) is 0 Å². The van der Waals surface area contributed by atoms with Crippen molar-refractivity contribution in [2.75, 3.05) is 11.9 Å². The number of hydrogen-bond acceptors (Lipinski definition) is 3. The summed E-state index contributed by atoms with van der Waals surface area (Å²) in [5.74, 6) is 2.81. The molecule has 5 rings (SSSR count). The Bertz CT molecular complexity index is 953. The van der Waals surface area contributed by atoms with E-state index in [1.165, 1.54) is 61.2 Å². The van der Waals surface area contributed by atoms with Crippen molar-refractivity contribution < 1.29 is 0 Å². The van der Waals surface area contributed by atoms with E-state index in [2.05, 4.69) is 73.7 Å². The lowest BCUT2D eigenvalue weighted by atomic mass is 9.74. The van der Waals surface area contributed by atoms with Crippen LogP contribution in [-0.2, 0) is 12.5 Å². The second-order valence-electron chi connectivity index (χ2n) is 9.83. The SMILES string of the molecule is CC1CCCCC(C2=Nc3c(cc(C4(C)CC4)n3C)NC2)C1c1cccc(S)c1. The highest BCUT2D eigenvalue weighted by Gasteiger charge is 2.43. The molecule has 1 N–H and O–H groups in total. The van der Waals surface area contributed by atoms with Crippen LogP contribution in [0.3, 0.4) is 0 Å². The molecule has 0 bridgehead atoms. The van der Waals surface area contributed by atoms with E-state index in [0.29, 0.717) is 23.2 Å². The van der Waals surface area contributed by atoms with Crippen LogP contribution in [0, 0.1) is 11.8 Å². The lowest BCUT2D eigenvalue weighted by molar-refractivity contribution is 0.390. The minimum absolute atomic E-state index is 0.357. The number of aromatic nitrogens is 1. The van der Waals surface area contributed by atoms with Crippen molar-refractivity contribution in [3.63, 3.8) is 0 Å². The molecule has 3 atom stereocenters. The molecular formula is C25H33N3S. The van der Waals surface area contributed by atoms with Crippen LogP contribution in [0.2, 0.25) is 0 Å². The van der Waals surface area contributed by atoms with Gasteiger partial charge in [0.25, 0.3) is 0 Å². The van der Waals surface area contributed by atoms with Crippen molar-refractivity contribution in [3.05, 3.63) is 41.6 Å². The standard InChI is InChI=1S/C25H33N3S/c1-16-7-4-5-10-19(23(16)17-8-6-9-18(29)13-17)21-15-26-20-14-22(25(2)11-12-25)28(3)24(20)27-21/h6,8-9,13-14,16,19,23,26,29H,4-5,7,10-12,15H2,1-3H3. The average molecular weight is 408 g/mol. The van der Waals surface area contributed by atoms with Gasteiger partial charge in [0, 0.05) is 34.7 Å². The van der Waals surface area contributed by atoms with Gasteiger partial charge in [-0.3, -0.25) is 0 Å². The third-order valence-electron chi connectivity index (χ3n) is 7.68. The number of rotatable bonds is 3. The van der Waals surface area contributed by atoms with Gasteiger partial charge in [0.15, 0.2) is 5.82 Å². The Morgan fingerprint density at radius 2 is 1.97 bits per heavy atom. The minimum Gasteiger partial charge on any atom is -0.377 e. The van der Waals surface area contributed by atoms with Gasteiger partial charge in [-0.15, -0.1) is 12.6 Å². The largest absolute Gasteiger partial charge is 0.377 e. The molecule has 3 aliphatic rings. The minimum atomic E-state index is 0.357. The van der Waals surface area contributed by atoms with Crippen LogP contribution in [-0.4, -0.2) is 16.8 Å². The average Bonchev–Trinajstić information content (AvgIpc) is 3.41. The highest BCUT2D eigenvalue weighted by atomic mass is 32.1. The molecule has 0 saturated heterocycles. The van der Waals surface area contributed by atoms with Gasteiger partial charge in [0.2, 0.25) is 0 Å². The zero-order valence-corrected chi connectivity index (χ0v) is 18.8. The van der Waals surface area contributed by atoms with Gasteiger partial charge in [0.1, 0.15) is 0 Å². The molecule has 3 unspecified atom stereocenters. The topological polar surface area (TPSA) is 29.3 Å². The van der Waals surface area contributed by atoms with E-state index >= 15 is 0 Å². The fraction of sp³-hybridized carbons (Fsp3) is 0.560. The first-order valence-corrected chi connectivity index (χ1v) is 11.7. The van der Waals surface area contributed by atoms with E-state index in [0.717, 1.165) is 17.3 Å². The molecular weight excluding hydrogens is 374 g/mol. The lowest BCUT2D eigenvalue weighted by Gasteiger charge is -2.33. The van der Waals surface area contributed by atoms with Crippen molar-refractivity contribution in [2.45, 2.75) is 68.6 Å². The van der Waals surface area contributed by atoms with Crippen LogP contribution in [0.5, 0.6) is 0 Å². The molecule has 0 radical (unpaired) electrons. The van der Waals surface area contributed by atoms with Crippen LogP contribution in [0.15, 0.2) is 40.2 Å². The van der Waals surface area contributed by atoms with Crippen LogP contribution >= 0.6 is 12.6 Å². The van der Waals surface area contributed by atoms with Crippen LogP contribution in [0.1, 0.15) is 69.5 Å². The molecule has 2 aromatic rings. The maximum atomic E-state index is 5.30. The third-order valence-corrected chi connectivity index (χ3v) is 7.96. The fourth-order valence-corrected chi connectivity index (χ4v) is 5.94. The molecule has 2 heterocycles. The first-order chi connectivity index (χ1) is 14.0. The number of anilines is 1. The summed E-state index contributed by atoms with van der Waals surface area (Å²) >= 11 is 4.63. The molecule has 29 heavy (non-hydrogen) atoms. The van der Waals surface area contributed by atoms with E-state index in [4.69, 9.17) is 4.99 Å². The normalized spacial score (nSPS) is 28.1. The van der Waals surface area contributed by atoms with E-state index in [-0.39, 0.29) is 0 Å². The quantitative estimate of drug-likeness (QED) is 0.443. The maximum absolute atomic E-state index is 5.30. The number of nitrogens with one attached hydrogen (secondary N) is 1. The molecule has 1 aromatic carbocycles. The molecule has 4 heteroatoms. The maximum Gasteiger partial charge on any atom is 0.156 e. The van der Waals surface area contributed by atoms with Gasteiger partial charge in [0.05, 0.1) is 12.2 Å². The molecule has 0 spiro atoms. The molecule has 2 fully saturated rings. The number of benzene rings is 1. The second-order valence-corrected chi connectivity index (χ2v) is 10.3. The Balaban J connectivity index is 1.54. The van der Waals surface area contributed by atoms with Gasteiger partial charge in [-0.2, -0.15) is 0 Å². The van der Waals surface area contributed by atoms with Crippen molar-refractivity contribution in [2.24, 2.45) is 23.9 Å². The van der Waals surface area contributed by atoms with Crippen LogP contribution < -0.4 is 5.32 Å². The number of aliphatic imine (C=N–C) groups is 1. The summed E-state index contributed by atoms with van der Waals surface area (Å²) in [4.78, 5) is 6.37. The fourth-order valence-electron chi connectivity index (χ4n) is 5.71. The second kappa shape index (κ2) is 7.23. The van der Waals surface area contributed by atoms with Crippen molar-refractivity contribution in [1.82, 2.24) is 4.57 Å². The molecule has 0 amide bonds. The first-order valence-electron chi connectivity index (χ1n) is 11.3. The van der Waals surface area contributed by atoms with Gasteiger partial charge in [-0.25, -0.2) is 4.99 Å². The van der Waals surface area contributed by atoms with E-state index < -0.39 is 0 Å². The van der Waals surface area contributed by atoms with Crippen LogP contribution in [0.4, 0.5) is 11.5 Å². The first kappa shape index (κ1) is 19.3. The number of hydrogen-bond donors (Lipinski definition) is 2. The number of fused-ring (bicyclic) bond motifs is 1. The van der Waals surface area contributed by atoms with Crippen molar-refractivity contribution in [3.8, 4) is 0 Å². The number of nitrogens with zero attached hydrogens (tertiary/aromatic N) is 2. The summed E-state index contributed by atoms with van der Waals surface area (Å²) in [6.07, 6.45) is 7.75. The molecule has 1 aromatic heterocycles. The smallest absolute Gasteiger partial charge is 0.156 e. The van der Waals surface area contributed by atoms with E-state index in [9.17, 15) is 0 Å². The van der Waals surface area contributed by atoms with E-state index in [1.807, 2.05) is 0 Å². The predicted octanol–water partition coefficient (Wildman–Crippen LogP) is 6.47. The van der Waals surface area contributed by atoms with Gasteiger partial charge < -0.3 is 9.88 Å². The summed E-state index contributed by atoms with van der Waals surface area (Å²) < 4.78 is 2.35. The molecule has 1 aliphatic heterocycles. The Labute approximate surface area is 180 Å². The molecule has 3 nitrogen and oxygen atoms in total. The monoisotopic (exact) mass is 407 g/mol. The molecule has 154 valence electrons. The third kappa shape index (κ3) is 3.43. The van der Waals surface area contributed by atoms with Gasteiger partial charge in [-0.05, 0) is 54.9 Å². The van der Waals surface area contributed by atoms with Gasteiger partial charge >= 0.3 is 0 Å². The summed E-state index contributed by atoms with van der Waals surface area (Å²) in [5, 5.41) is 3.72. The molecule has 2 aliphatic carbocycles. The zero-order chi connectivity index (χ0) is 20.2. The summed E-state index contributed by atoms with van der Waals surface area (Å²) in [5.41, 5.74) is 5.79. The Kier molecular flexibility index (Phi) is 4.81. The summed E-state index contributed by atoms with van der Waals surface area (Å²) in [7, 11) is 2.20. The van der Waals surface area contributed by atoms with Gasteiger partial charge in [-0.1, -0.05) is 45.2 Å².